The molecular formula is C44H90N2O35P2. The standard InChI is InChI=1S/C44H90N2O35P2/c1-14(9-47)22(51)28(57)34(63)41(66)78-39(32(61)25(54)17(4)13-75-83(71,72)74-8-7-45)43(68)79-38(31(60)23(52)15(2)10-48)42(67)73-12-16(3)24(53)29(58)35(64)40(65)77-37-20(11-49)76-44(21(46)27(37)56)80-36(19(6)81-82(69)70)33(62)30(59)26(55)18(5)50/h14-18,20-35,37-44,47-68,82H,7-13,45-46H2,1-6H3,(H,69,70)(H,71,72)/b36-19-/t14?,15?,16?,17?,18-,20?,21?,22?,23?,24?,25?,26?,27?,28?,29?,30?,31?,32?,33?,34?,35?,37?,38?,39?,40?,41?,42?,43?,44?/m1/s1. The average molecular weight is 1270 g/mol. The number of nitrogens with two attached hydrogens (primary N) is 2. The third kappa shape index (κ3) is 23.7. The Morgan fingerprint density at radius 1 is 0.602 bits per heavy atom. The van der Waals surface area contributed by atoms with Crippen molar-refractivity contribution in [3.05, 3.63) is 11.5 Å². The van der Waals surface area contributed by atoms with Crippen molar-refractivity contribution in [3.8, 4) is 0 Å². The van der Waals surface area contributed by atoms with Crippen LogP contribution >= 0.6 is 16.1 Å². The predicted octanol–water partition coefficient (Wildman–Crippen LogP) is -11.8. The van der Waals surface area contributed by atoms with Gasteiger partial charge in [0.2, 0.25) is 6.29 Å². The molecule has 0 aromatic carbocycles. The normalized spacial score (nSPS) is 28.4. The van der Waals surface area contributed by atoms with Crippen molar-refractivity contribution in [1.82, 2.24) is 0 Å². The quantitative estimate of drug-likeness (QED) is 0.0153. The van der Waals surface area contributed by atoms with Crippen molar-refractivity contribution in [2.45, 2.75) is 195 Å². The lowest BCUT2D eigenvalue weighted by atomic mass is 9.94. The Morgan fingerprint density at radius 2 is 1.06 bits per heavy atom. The number of phosphoric ester groups is 1. The first-order chi connectivity index (χ1) is 38.4. The highest BCUT2D eigenvalue weighted by Gasteiger charge is 2.50. The second-order valence-corrected chi connectivity index (χ2v) is 22.3. The van der Waals surface area contributed by atoms with Crippen LogP contribution in [0.25, 0.3) is 0 Å². The van der Waals surface area contributed by atoms with Crippen LogP contribution in [-0.4, -0.2) is 322 Å². The number of aliphatic hydroxyl groups excluding tert-OH is 22. The zero-order chi connectivity index (χ0) is 64.3. The van der Waals surface area contributed by atoms with Crippen LogP contribution in [0.4, 0.5) is 0 Å². The van der Waals surface area contributed by atoms with E-state index in [-0.39, 0.29) is 6.54 Å². The zero-order valence-corrected chi connectivity index (χ0v) is 47.9. The summed E-state index contributed by atoms with van der Waals surface area (Å²) in [6, 6.07) is -1.85. The van der Waals surface area contributed by atoms with Crippen LogP contribution in [0.2, 0.25) is 0 Å². The smallest absolute Gasteiger partial charge is 0.461 e. The minimum Gasteiger partial charge on any atom is -0.461 e. The van der Waals surface area contributed by atoms with E-state index in [9.17, 15) is 131 Å². The Morgan fingerprint density at radius 3 is 1.54 bits per heavy atom. The van der Waals surface area contributed by atoms with E-state index < -0.39 is 244 Å². The van der Waals surface area contributed by atoms with Gasteiger partial charge in [-0.2, -0.15) is 0 Å². The Hall–Kier alpha value is -1.52. The highest BCUT2D eigenvalue weighted by atomic mass is 31.2. The largest absolute Gasteiger partial charge is 0.472 e. The predicted molar refractivity (Wildman–Crippen MR) is 272 cm³/mol. The third-order valence-electron chi connectivity index (χ3n) is 13.3. The molecule has 1 rings (SSSR count). The molecule has 0 aliphatic carbocycles. The van der Waals surface area contributed by atoms with Crippen molar-refractivity contribution in [3.63, 3.8) is 0 Å². The van der Waals surface area contributed by atoms with Gasteiger partial charge in [-0.25, -0.2) is 9.13 Å². The molecule has 1 aliphatic heterocycles. The van der Waals surface area contributed by atoms with Crippen molar-refractivity contribution in [2.75, 3.05) is 46.2 Å². The van der Waals surface area contributed by atoms with Crippen LogP contribution in [0.1, 0.15) is 41.5 Å². The molecule has 1 fully saturated rings. The lowest BCUT2D eigenvalue weighted by Crippen LogP contribution is -2.64. The molecule has 31 atom stereocenters. The maximum absolute atomic E-state index is 12.2. The molecule has 0 radical (unpaired) electrons. The van der Waals surface area contributed by atoms with Gasteiger partial charge < -0.3 is 167 Å². The van der Waals surface area contributed by atoms with Gasteiger partial charge in [0.15, 0.2) is 30.9 Å². The highest BCUT2D eigenvalue weighted by molar-refractivity contribution is 7.47. The van der Waals surface area contributed by atoms with E-state index in [0.717, 1.165) is 27.7 Å². The molecule has 0 amide bonds. The summed E-state index contributed by atoms with van der Waals surface area (Å²) in [4.78, 5) is 19.2. The first kappa shape index (κ1) is 79.5. The molecule has 0 aromatic heterocycles. The zero-order valence-electron chi connectivity index (χ0n) is 46.0. The molecule has 1 saturated heterocycles. The number of aliphatic hydroxyl groups is 22. The Labute approximate surface area is 476 Å². The van der Waals surface area contributed by atoms with Gasteiger partial charge in [0.25, 0.3) is 0 Å². The molecule has 28 N–H and O–H groups in total. The molecule has 0 bridgehead atoms. The average Bonchev–Trinajstić information content (AvgIpc) is 3.66. The van der Waals surface area contributed by atoms with E-state index in [1.807, 2.05) is 0 Å². The van der Waals surface area contributed by atoms with Crippen molar-refractivity contribution in [2.24, 2.45) is 35.1 Å². The fourth-order valence-corrected chi connectivity index (χ4v) is 8.86. The molecule has 0 spiro atoms. The first-order valence-electron chi connectivity index (χ1n) is 25.7. The maximum Gasteiger partial charge on any atom is 0.472 e. The molecule has 30 unspecified atom stereocenters. The fourth-order valence-electron chi connectivity index (χ4n) is 7.66. The van der Waals surface area contributed by atoms with Crippen molar-refractivity contribution < 1.29 is 173 Å². The Balaban J connectivity index is 3.47. The van der Waals surface area contributed by atoms with Crippen molar-refractivity contribution in [1.29, 1.82) is 0 Å². The van der Waals surface area contributed by atoms with Gasteiger partial charge in [0.05, 0.1) is 63.0 Å². The van der Waals surface area contributed by atoms with Crippen LogP contribution < -0.4 is 11.5 Å². The lowest BCUT2D eigenvalue weighted by Gasteiger charge is -2.44. The summed E-state index contributed by atoms with van der Waals surface area (Å²) in [6.07, 6.45) is -55.8. The minimum atomic E-state index is -4.82. The lowest BCUT2D eigenvalue weighted by molar-refractivity contribution is -0.323. The van der Waals surface area contributed by atoms with Crippen LogP contribution in [0, 0.1) is 23.7 Å². The summed E-state index contributed by atoms with van der Waals surface area (Å²) in [6.45, 7) is 1.31. The molecule has 83 heavy (non-hydrogen) atoms. The topological polar surface area (TPSA) is 655 Å². The van der Waals surface area contributed by atoms with Gasteiger partial charge in [0, 0.05) is 43.4 Å². The highest BCUT2D eigenvalue weighted by Crippen LogP contribution is 2.43. The number of ether oxygens (including phenoxy) is 6. The molecule has 1 heterocycles. The molecule has 39 heteroatoms. The molecule has 37 nitrogen and oxygen atoms in total. The molecular weight excluding hydrogens is 1180 g/mol. The molecule has 0 saturated carbocycles. The van der Waals surface area contributed by atoms with E-state index in [2.05, 4.69) is 9.05 Å². The SMILES string of the molecule is C/C(O[PH](=O)O)=C(/OC1OC(CO)C(OC(O)C(O)C(O)C(O)C(C)COC(O)C(OC(O)C(OC(O)C(O)C(O)C(O)C(C)CO)C(O)C(O)C(C)COP(=O)(O)OCCN)C(O)C(O)C(C)CO)C(O)C1N)C(O)C(O)C(O)[C@@H](C)O. The number of hydrogen-bond donors (Lipinski definition) is 26. The summed E-state index contributed by atoms with van der Waals surface area (Å²) in [5.74, 6) is -6.99. The number of hydrogen-bond acceptors (Lipinski definition) is 35. The van der Waals surface area contributed by atoms with Gasteiger partial charge in [-0.3, -0.25) is 9.05 Å². The van der Waals surface area contributed by atoms with Gasteiger partial charge in [-0.05, 0) is 13.8 Å². The maximum atomic E-state index is 12.2. The van der Waals surface area contributed by atoms with Gasteiger partial charge >= 0.3 is 16.1 Å². The Kier molecular flexibility index (Phi) is 35.9. The second-order valence-electron chi connectivity index (χ2n) is 20.1. The third-order valence-corrected chi connectivity index (χ3v) is 14.8. The van der Waals surface area contributed by atoms with Crippen molar-refractivity contribution >= 4 is 16.1 Å². The molecule has 0 aromatic rings. The second kappa shape index (κ2) is 37.5. The Bertz CT molecular complexity index is 1910. The van der Waals surface area contributed by atoms with E-state index in [4.69, 9.17) is 44.4 Å². The van der Waals surface area contributed by atoms with E-state index in [1.54, 1.807) is 0 Å². The van der Waals surface area contributed by atoms with E-state index in [0.29, 0.717) is 0 Å². The monoisotopic (exact) mass is 1270 g/mol. The summed E-state index contributed by atoms with van der Waals surface area (Å²) >= 11 is 0. The van der Waals surface area contributed by atoms with Gasteiger partial charge in [-0.15, -0.1) is 0 Å². The van der Waals surface area contributed by atoms with Gasteiger partial charge in [0.1, 0.15) is 91.2 Å². The van der Waals surface area contributed by atoms with Gasteiger partial charge in [-0.1, -0.05) is 27.7 Å². The number of allylic oxidation sites excluding steroid dienone is 1. The fraction of sp³-hybridized carbons (Fsp3) is 0.955. The number of rotatable bonds is 42. The summed E-state index contributed by atoms with van der Waals surface area (Å²) in [7, 11) is -8.66. The van der Waals surface area contributed by atoms with Crippen LogP contribution in [0.5, 0.6) is 0 Å². The van der Waals surface area contributed by atoms with Crippen LogP contribution in [-0.2, 0) is 51.1 Å². The molecule has 496 valence electrons. The summed E-state index contributed by atoms with van der Waals surface area (Å²) in [5.41, 5.74) is 11.3. The minimum absolute atomic E-state index is 0.218. The first-order valence-corrected chi connectivity index (χ1v) is 28.5. The summed E-state index contributed by atoms with van der Waals surface area (Å²) in [5, 5.41) is 235. The van der Waals surface area contributed by atoms with E-state index in [1.165, 1.54) is 13.8 Å². The number of phosphoric acid groups is 1. The van der Waals surface area contributed by atoms with E-state index >= 15 is 0 Å². The van der Waals surface area contributed by atoms with Crippen LogP contribution in [0.15, 0.2) is 11.5 Å². The van der Waals surface area contributed by atoms with Crippen LogP contribution in [0.3, 0.4) is 0 Å². The molecule has 1 aliphatic rings. The summed E-state index contributed by atoms with van der Waals surface area (Å²) < 4.78 is 70.0.